The minimum absolute atomic E-state index is 0.157. The molecule has 0 bridgehead atoms. The lowest BCUT2D eigenvalue weighted by Gasteiger charge is -2.17. The first kappa shape index (κ1) is 24.7. The number of carbonyl (C=O) groups excluding carboxylic acids is 1. The normalized spacial score (nSPS) is 18.6. The molecule has 1 aromatic heterocycles. The Bertz CT molecular complexity index is 1400. The number of nitrogens with zero attached hydrogens (tertiary/aromatic N) is 1. The quantitative estimate of drug-likeness (QED) is 0.451. The van der Waals surface area contributed by atoms with Crippen LogP contribution in [0.2, 0.25) is 0 Å². The molecule has 2 heterocycles. The molecule has 1 saturated heterocycles. The van der Waals surface area contributed by atoms with E-state index in [0.29, 0.717) is 23.1 Å². The number of halogens is 1. The SMILES string of the molecule is CCS(=O)(=O)Nc1cc2oc(-c3ccc(F)cc3)c(C(=O)NC)c2cc1C1C[C@@H](C(=O)O)N(C)C1. The van der Waals surface area contributed by atoms with Crippen molar-refractivity contribution in [3.05, 3.63) is 53.3 Å². The fourth-order valence-electron chi connectivity index (χ4n) is 4.49. The summed E-state index contributed by atoms with van der Waals surface area (Å²) < 4.78 is 47.0. The first-order chi connectivity index (χ1) is 16.5. The van der Waals surface area contributed by atoms with E-state index in [-0.39, 0.29) is 40.7 Å². The third kappa shape index (κ3) is 4.73. The van der Waals surface area contributed by atoms with Crippen LogP contribution in [0.4, 0.5) is 10.1 Å². The fraction of sp³-hybridized carbons (Fsp3) is 0.333. The maximum absolute atomic E-state index is 13.5. The number of aliphatic carboxylic acids is 1. The van der Waals surface area contributed by atoms with Crippen molar-refractivity contribution in [3.63, 3.8) is 0 Å². The number of amides is 1. The highest BCUT2D eigenvalue weighted by molar-refractivity contribution is 7.92. The summed E-state index contributed by atoms with van der Waals surface area (Å²) in [5, 5.41) is 12.6. The lowest BCUT2D eigenvalue weighted by Crippen LogP contribution is -2.32. The van der Waals surface area contributed by atoms with Gasteiger partial charge in [0.25, 0.3) is 5.91 Å². The van der Waals surface area contributed by atoms with Crippen molar-refractivity contribution in [2.75, 3.05) is 31.1 Å². The lowest BCUT2D eigenvalue weighted by molar-refractivity contribution is -0.141. The molecule has 1 unspecified atom stereocenters. The molecule has 0 aliphatic carbocycles. The second kappa shape index (κ2) is 9.31. The van der Waals surface area contributed by atoms with E-state index in [0.717, 1.165) is 0 Å². The lowest BCUT2D eigenvalue weighted by atomic mass is 9.92. The maximum Gasteiger partial charge on any atom is 0.320 e. The van der Waals surface area contributed by atoms with Gasteiger partial charge in [0.15, 0.2) is 0 Å². The molecular formula is C24H26FN3O6S. The summed E-state index contributed by atoms with van der Waals surface area (Å²) >= 11 is 0. The summed E-state index contributed by atoms with van der Waals surface area (Å²) in [5.41, 5.74) is 1.81. The number of benzene rings is 2. The Morgan fingerprint density at radius 2 is 1.91 bits per heavy atom. The number of rotatable bonds is 7. The van der Waals surface area contributed by atoms with E-state index in [1.54, 1.807) is 18.0 Å². The van der Waals surface area contributed by atoms with Crippen molar-refractivity contribution in [1.29, 1.82) is 0 Å². The standard InChI is InChI=1S/C24H26FN3O6S/c1-4-35(32,33)27-18-11-20-17(10-16(18)14-9-19(24(30)31)28(3)12-14)21(23(29)26-2)22(34-20)13-5-7-15(25)8-6-13/h5-8,10-11,14,19,27H,4,9,12H2,1-3H3,(H,26,29)(H,30,31)/t14?,19-/m0/s1. The zero-order valence-corrected chi connectivity index (χ0v) is 20.3. The fourth-order valence-corrected chi connectivity index (χ4v) is 5.15. The number of carbonyl (C=O) groups is 2. The van der Waals surface area contributed by atoms with Crippen LogP contribution in [0, 0.1) is 5.82 Å². The number of carboxylic acid groups (broad SMARTS) is 1. The number of carboxylic acids is 1. The second-order valence-electron chi connectivity index (χ2n) is 8.56. The number of fused-ring (bicyclic) bond motifs is 1. The van der Waals surface area contributed by atoms with Gasteiger partial charge in [0, 0.05) is 36.5 Å². The Morgan fingerprint density at radius 1 is 1.23 bits per heavy atom. The van der Waals surface area contributed by atoms with E-state index < -0.39 is 33.8 Å². The third-order valence-corrected chi connectivity index (χ3v) is 7.63. The number of hydrogen-bond acceptors (Lipinski definition) is 6. The van der Waals surface area contributed by atoms with Crippen LogP contribution in [0.15, 0.2) is 40.8 Å². The molecule has 2 aromatic carbocycles. The Kier molecular flexibility index (Phi) is 6.56. The van der Waals surface area contributed by atoms with Crippen LogP contribution in [-0.4, -0.2) is 62.7 Å². The minimum Gasteiger partial charge on any atom is -0.480 e. The molecule has 35 heavy (non-hydrogen) atoms. The molecule has 3 aromatic rings. The Labute approximate surface area is 202 Å². The van der Waals surface area contributed by atoms with Gasteiger partial charge in [-0.25, -0.2) is 12.8 Å². The number of sulfonamides is 1. The van der Waals surface area contributed by atoms with E-state index in [9.17, 15) is 27.5 Å². The van der Waals surface area contributed by atoms with Crippen LogP contribution < -0.4 is 10.0 Å². The number of likely N-dealkylation sites (N-methyl/N-ethyl adjacent to an activating group) is 1. The van der Waals surface area contributed by atoms with Gasteiger partial charge in [0.05, 0.1) is 17.0 Å². The van der Waals surface area contributed by atoms with Crippen molar-refractivity contribution < 1.29 is 31.9 Å². The molecule has 1 aliphatic heterocycles. The van der Waals surface area contributed by atoms with Crippen molar-refractivity contribution in [3.8, 4) is 11.3 Å². The summed E-state index contributed by atoms with van der Waals surface area (Å²) in [6.07, 6.45) is 0.274. The molecule has 4 rings (SSSR count). The van der Waals surface area contributed by atoms with Gasteiger partial charge in [-0.05, 0) is 56.3 Å². The molecule has 0 saturated carbocycles. The molecule has 2 atom stereocenters. The summed E-state index contributed by atoms with van der Waals surface area (Å²) in [5.74, 6) is -2.07. The van der Waals surface area contributed by atoms with Gasteiger partial charge in [-0.2, -0.15) is 0 Å². The Hall–Kier alpha value is -3.44. The van der Waals surface area contributed by atoms with Crippen LogP contribution in [0.5, 0.6) is 0 Å². The summed E-state index contributed by atoms with van der Waals surface area (Å²) in [4.78, 5) is 26.3. The molecule has 0 spiro atoms. The monoisotopic (exact) mass is 503 g/mol. The maximum atomic E-state index is 13.5. The zero-order valence-electron chi connectivity index (χ0n) is 19.5. The molecule has 9 nitrogen and oxygen atoms in total. The Morgan fingerprint density at radius 3 is 2.49 bits per heavy atom. The number of nitrogens with one attached hydrogen (secondary N) is 2. The van der Waals surface area contributed by atoms with Crippen LogP contribution in [-0.2, 0) is 14.8 Å². The first-order valence-corrected chi connectivity index (χ1v) is 12.7. The Balaban J connectivity index is 1.95. The van der Waals surface area contributed by atoms with Crippen LogP contribution in [0.1, 0.15) is 35.2 Å². The van der Waals surface area contributed by atoms with Gasteiger partial charge in [-0.1, -0.05) is 0 Å². The van der Waals surface area contributed by atoms with Crippen molar-refractivity contribution >= 4 is 38.6 Å². The first-order valence-electron chi connectivity index (χ1n) is 11.1. The molecule has 1 fully saturated rings. The number of hydrogen-bond donors (Lipinski definition) is 3. The van der Waals surface area contributed by atoms with Crippen LogP contribution >= 0.6 is 0 Å². The van der Waals surface area contributed by atoms with Gasteiger partial charge < -0.3 is 14.8 Å². The number of anilines is 1. The van der Waals surface area contributed by atoms with Gasteiger partial charge in [-0.3, -0.25) is 19.2 Å². The molecule has 0 radical (unpaired) electrons. The van der Waals surface area contributed by atoms with Crippen LogP contribution in [0.25, 0.3) is 22.3 Å². The molecule has 1 amide bonds. The van der Waals surface area contributed by atoms with Gasteiger partial charge in [-0.15, -0.1) is 0 Å². The average molecular weight is 504 g/mol. The van der Waals surface area contributed by atoms with E-state index in [2.05, 4.69) is 10.0 Å². The molecule has 1 aliphatic rings. The predicted octanol–water partition coefficient (Wildman–Crippen LogP) is 3.23. The summed E-state index contributed by atoms with van der Waals surface area (Å²) in [6, 6.07) is 7.97. The van der Waals surface area contributed by atoms with Gasteiger partial charge >= 0.3 is 5.97 Å². The predicted molar refractivity (Wildman–Crippen MR) is 129 cm³/mol. The average Bonchev–Trinajstić information content (AvgIpc) is 3.38. The highest BCUT2D eigenvalue weighted by Gasteiger charge is 2.37. The minimum atomic E-state index is -3.66. The smallest absolute Gasteiger partial charge is 0.320 e. The van der Waals surface area contributed by atoms with Gasteiger partial charge in [0.2, 0.25) is 10.0 Å². The van der Waals surface area contributed by atoms with E-state index in [1.165, 1.54) is 44.3 Å². The van der Waals surface area contributed by atoms with E-state index in [1.807, 2.05) is 0 Å². The number of furan rings is 1. The molecule has 3 N–H and O–H groups in total. The van der Waals surface area contributed by atoms with Crippen molar-refractivity contribution in [2.45, 2.75) is 25.3 Å². The van der Waals surface area contributed by atoms with E-state index in [4.69, 9.17) is 4.42 Å². The number of likely N-dealkylation sites (tertiary alicyclic amines) is 1. The zero-order chi connectivity index (χ0) is 25.5. The van der Waals surface area contributed by atoms with Crippen LogP contribution in [0.3, 0.4) is 0 Å². The molecular weight excluding hydrogens is 477 g/mol. The molecule has 11 heteroatoms. The summed E-state index contributed by atoms with van der Waals surface area (Å²) in [7, 11) is -0.483. The van der Waals surface area contributed by atoms with Gasteiger partial charge in [0.1, 0.15) is 23.2 Å². The largest absolute Gasteiger partial charge is 0.480 e. The second-order valence-corrected chi connectivity index (χ2v) is 10.6. The third-order valence-electron chi connectivity index (χ3n) is 6.34. The topological polar surface area (TPSA) is 129 Å². The molecule has 186 valence electrons. The summed E-state index contributed by atoms with van der Waals surface area (Å²) in [6.45, 7) is 1.90. The van der Waals surface area contributed by atoms with E-state index >= 15 is 0 Å². The highest BCUT2D eigenvalue weighted by atomic mass is 32.2. The van der Waals surface area contributed by atoms with Crippen molar-refractivity contribution in [2.24, 2.45) is 0 Å². The van der Waals surface area contributed by atoms with Crippen molar-refractivity contribution in [1.82, 2.24) is 10.2 Å². The highest BCUT2D eigenvalue weighted by Crippen LogP contribution is 2.41.